The first-order valence-electron chi connectivity index (χ1n) is 19.8. The molecule has 4 nitrogen and oxygen atoms in total. The second-order valence-electron chi connectivity index (χ2n) is 14.9. The van der Waals surface area contributed by atoms with Gasteiger partial charge in [0.15, 0.2) is 0 Å². The molecule has 270 valence electrons. The predicted octanol–water partition coefficient (Wildman–Crippen LogP) is 14.0. The van der Waals surface area contributed by atoms with Crippen LogP contribution in [0.1, 0.15) is 0 Å². The fourth-order valence-corrected chi connectivity index (χ4v) is 9.21. The molecule has 0 aliphatic rings. The van der Waals surface area contributed by atoms with Crippen LogP contribution in [0.4, 0.5) is 0 Å². The van der Waals surface area contributed by atoms with Crippen LogP contribution < -0.4 is 0 Å². The lowest BCUT2D eigenvalue weighted by Gasteiger charge is -2.15. The highest BCUT2D eigenvalue weighted by atomic mass is 15.2. The molecular formula is C54H34N4. The van der Waals surface area contributed by atoms with Gasteiger partial charge in [0.1, 0.15) is 0 Å². The maximum atomic E-state index is 5.53. The van der Waals surface area contributed by atoms with Crippen LogP contribution in [0.15, 0.2) is 206 Å². The van der Waals surface area contributed by atoms with Crippen LogP contribution in [-0.2, 0) is 0 Å². The molecule has 0 atom stereocenters. The largest absolute Gasteiger partial charge is 0.309 e. The Bertz CT molecular complexity index is 3560. The molecule has 0 spiro atoms. The lowest BCUT2D eigenvalue weighted by molar-refractivity contribution is 1.01. The van der Waals surface area contributed by atoms with Gasteiger partial charge in [-0.2, -0.15) is 0 Å². The summed E-state index contributed by atoms with van der Waals surface area (Å²) in [6.45, 7) is 0. The first kappa shape index (κ1) is 32.4. The minimum atomic E-state index is 0.646. The third kappa shape index (κ3) is 4.88. The second kappa shape index (κ2) is 12.9. The number of hydrogen-bond acceptors (Lipinski definition) is 2. The fourth-order valence-electron chi connectivity index (χ4n) is 9.21. The van der Waals surface area contributed by atoms with Crippen molar-refractivity contribution in [1.29, 1.82) is 0 Å². The van der Waals surface area contributed by atoms with Crippen molar-refractivity contribution in [1.82, 2.24) is 19.1 Å². The maximum absolute atomic E-state index is 5.53. The van der Waals surface area contributed by atoms with E-state index in [1.165, 1.54) is 49.3 Å². The summed E-state index contributed by atoms with van der Waals surface area (Å²) in [7, 11) is 0. The van der Waals surface area contributed by atoms with Gasteiger partial charge in [-0.25, -0.2) is 9.97 Å². The molecule has 0 aliphatic carbocycles. The van der Waals surface area contributed by atoms with E-state index in [4.69, 9.17) is 9.97 Å². The van der Waals surface area contributed by atoms with Gasteiger partial charge in [0.25, 0.3) is 0 Å². The van der Waals surface area contributed by atoms with Gasteiger partial charge < -0.3 is 4.57 Å². The minimum Gasteiger partial charge on any atom is -0.309 e. The van der Waals surface area contributed by atoms with Crippen molar-refractivity contribution in [2.75, 3.05) is 0 Å². The number of para-hydroxylation sites is 4. The Kier molecular flexibility index (Phi) is 7.20. The van der Waals surface area contributed by atoms with Crippen molar-refractivity contribution in [3.63, 3.8) is 0 Å². The zero-order chi connectivity index (χ0) is 38.2. The molecule has 0 aliphatic heterocycles. The molecule has 0 N–H and O–H groups in total. The van der Waals surface area contributed by atoms with Crippen LogP contribution in [0.25, 0.3) is 110 Å². The van der Waals surface area contributed by atoms with Crippen molar-refractivity contribution < 1.29 is 0 Å². The van der Waals surface area contributed by atoms with Crippen molar-refractivity contribution in [3.05, 3.63) is 206 Å². The minimum absolute atomic E-state index is 0.646. The monoisotopic (exact) mass is 738 g/mol. The van der Waals surface area contributed by atoms with Gasteiger partial charge in [0.2, 0.25) is 5.95 Å². The number of benzene rings is 9. The number of hydrogen-bond donors (Lipinski definition) is 0. The first-order chi connectivity index (χ1) is 28.8. The molecule has 9 aromatic carbocycles. The standard InChI is InChI=1S/C54H34N4/c1-3-16-35(17-4-1)38-32-33-44(41-21-8-7-20-40(38)41)53-45-23-9-12-26-47(45)55-54(56-53)58-49-28-14-11-24-46(49)52-39(25-15-29-50(52)58)36-30-31-43-42-22-10-13-27-48(42)57(51(43)34-36)37-18-5-2-6-19-37/h1-34H. The summed E-state index contributed by atoms with van der Waals surface area (Å²) in [6.07, 6.45) is 0. The molecule has 4 heteroatoms. The van der Waals surface area contributed by atoms with Crippen LogP contribution in [0.2, 0.25) is 0 Å². The van der Waals surface area contributed by atoms with E-state index in [2.05, 4.69) is 215 Å². The van der Waals surface area contributed by atoms with E-state index in [0.29, 0.717) is 5.95 Å². The molecule has 0 unspecified atom stereocenters. The Labute approximate surface area is 334 Å². The summed E-state index contributed by atoms with van der Waals surface area (Å²) in [6, 6.07) is 73.7. The molecule has 12 rings (SSSR count). The Morgan fingerprint density at radius 1 is 0.310 bits per heavy atom. The topological polar surface area (TPSA) is 35.6 Å². The molecule has 0 saturated carbocycles. The van der Waals surface area contributed by atoms with E-state index in [1.807, 2.05) is 0 Å². The fraction of sp³-hybridized carbons (Fsp3) is 0. The van der Waals surface area contributed by atoms with E-state index < -0.39 is 0 Å². The average Bonchev–Trinajstić information content (AvgIpc) is 3.82. The van der Waals surface area contributed by atoms with Gasteiger partial charge in [-0.1, -0.05) is 164 Å². The summed E-state index contributed by atoms with van der Waals surface area (Å²) in [5.41, 5.74) is 13.3. The molecule has 3 heterocycles. The van der Waals surface area contributed by atoms with Gasteiger partial charge in [-0.3, -0.25) is 4.57 Å². The zero-order valence-corrected chi connectivity index (χ0v) is 31.4. The van der Waals surface area contributed by atoms with E-state index in [0.717, 1.165) is 55.2 Å². The Morgan fingerprint density at radius 2 is 0.897 bits per heavy atom. The van der Waals surface area contributed by atoms with Crippen LogP contribution in [0, 0.1) is 0 Å². The van der Waals surface area contributed by atoms with E-state index in [1.54, 1.807) is 0 Å². The van der Waals surface area contributed by atoms with Crippen molar-refractivity contribution >= 4 is 65.3 Å². The number of aromatic nitrogens is 4. The first-order valence-corrected chi connectivity index (χ1v) is 19.8. The van der Waals surface area contributed by atoms with Gasteiger partial charge in [0.05, 0.1) is 33.3 Å². The summed E-state index contributed by atoms with van der Waals surface area (Å²) >= 11 is 0. The number of nitrogens with zero attached hydrogens (tertiary/aromatic N) is 4. The third-order valence-corrected chi connectivity index (χ3v) is 11.8. The molecule has 3 aromatic heterocycles. The smallest absolute Gasteiger partial charge is 0.235 e. The molecule has 12 aromatic rings. The Balaban J connectivity index is 1.10. The highest BCUT2D eigenvalue weighted by Gasteiger charge is 2.21. The van der Waals surface area contributed by atoms with Crippen molar-refractivity contribution in [2.45, 2.75) is 0 Å². The third-order valence-electron chi connectivity index (χ3n) is 11.8. The van der Waals surface area contributed by atoms with Gasteiger partial charge in [-0.05, 0) is 75.5 Å². The molecule has 0 fully saturated rings. The van der Waals surface area contributed by atoms with E-state index in [-0.39, 0.29) is 0 Å². The van der Waals surface area contributed by atoms with Crippen LogP contribution >= 0.6 is 0 Å². The highest BCUT2D eigenvalue weighted by molar-refractivity contribution is 6.17. The summed E-state index contributed by atoms with van der Waals surface area (Å²) in [5, 5.41) is 8.19. The van der Waals surface area contributed by atoms with Gasteiger partial charge in [-0.15, -0.1) is 0 Å². The van der Waals surface area contributed by atoms with Crippen LogP contribution in [0.5, 0.6) is 0 Å². The van der Waals surface area contributed by atoms with Gasteiger partial charge in [0, 0.05) is 38.2 Å². The maximum Gasteiger partial charge on any atom is 0.235 e. The highest BCUT2D eigenvalue weighted by Crippen LogP contribution is 2.42. The van der Waals surface area contributed by atoms with Crippen LogP contribution in [-0.4, -0.2) is 19.1 Å². The summed E-state index contributed by atoms with van der Waals surface area (Å²) in [4.78, 5) is 10.8. The molecule has 0 amide bonds. The Hall–Kier alpha value is -7.82. The summed E-state index contributed by atoms with van der Waals surface area (Å²) in [5.74, 6) is 0.646. The van der Waals surface area contributed by atoms with E-state index >= 15 is 0 Å². The van der Waals surface area contributed by atoms with Crippen molar-refractivity contribution in [2.24, 2.45) is 0 Å². The molecule has 0 radical (unpaired) electrons. The average molecular weight is 739 g/mol. The number of rotatable bonds is 5. The Morgan fingerprint density at radius 3 is 1.69 bits per heavy atom. The molecule has 0 bridgehead atoms. The van der Waals surface area contributed by atoms with Crippen LogP contribution in [0.3, 0.4) is 0 Å². The summed E-state index contributed by atoms with van der Waals surface area (Å²) < 4.78 is 4.64. The zero-order valence-electron chi connectivity index (χ0n) is 31.4. The predicted molar refractivity (Wildman–Crippen MR) is 242 cm³/mol. The molecule has 58 heavy (non-hydrogen) atoms. The lowest BCUT2D eigenvalue weighted by Crippen LogP contribution is -2.03. The lowest BCUT2D eigenvalue weighted by atomic mass is 9.93. The quantitative estimate of drug-likeness (QED) is 0.176. The second-order valence-corrected chi connectivity index (χ2v) is 14.9. The molecular weight excluding hydrogens is 705 g/mol. The normalized spacial score (nSPS) is 11.8. The molecule has 0 saturated heterocycles. The van der Waals surface area contributed by atoms with Gasteiger partial charge >= 0.3 is 0 Å². The van der Waals surface area contributed by atoms with Crippen molar-refractivity contribution in [3.8, 4) is 45.1 Å². The van der Waals surface area contributed by atoms with E-state index in [9.17, 15) is 0 Å². The SMILES string of the molecule is c1ccc(-c2ccc(-c3nc(-n4c5ccccc5c5c(-c6ccc7c8ccccc8n(-c8ccccc8)c7c6)cccc54)nc4ccccc34)c3ccccc23)cc1. The number of fused-ring (bicyclic) bond motifs is 8.